The van der Waals surface area contributed by atoms with Crippen LogP contribution < -0.4 is 4.90 Å². The molecule has 0 radical (unpaired) electrons. The van der Waals surface area contributed by atoms with Crippen LogP contribution in [0.2, 0.25) is 0 Å². The molecule has 0 amide bonds. The fraction of sp³-hybridized carbons (Fsp3) is 0.391. The van der Waals surface area contributed by atoms with Crippen LogP contribution in [-0.2, 0) is 11.3 Å². The van der Waals surface area contributed by atoms with Crippen molar-refractivity contribution in [2.24, 2.45) is 0 Å². The van der Waals surface area contributed by atoms with Gasteiger partial charge >= 0.3 is 0 Å². The molecule has 1 saturated heterocycles. The molecule has 5 rings (SSSR count). The Morgan fingerprint density at radius 2 is 2.00 bits per heavy atom. The molecule has 0 bridgehead atoms. The number of ether oxygens (including phenoxy) is 1. The fourth-order valence-electron chi connectivity index (χ4n) is 4.52. The van der Waals surface area contributed by atoms with Crippen molar-refractivity contribution < 1.29 is 9.13 Å². The summed E-state index contributed by atoms with van der Waals surface area (Å²) in [6.07, 6.45) is 0. The Labute approximate surface area is 169 Å². The number of thiophene rings is 1. The van der Waals surface area contributed by atoms with E-state index in [1.54, 1.807) is 11.3 Å². The molecule has 3 nitrogen and oxygen atoms in total. The first-order valence-corrected chi connectivity index (χ1v) is 11.0. The minimum Gasteiger partial charge on any atom is -0.378 e. The van der Waals surface area contributed by atoms with Crippen LogP contribution in [0.15, 0.2) is 41.8 Å². The smallest absolute Gasteiger partial charge is 0.151 e. The molecule has 3 aromatic rings. The molecule has 2 aliphatic rings. The van der Waals surface area contributed by atoms with E-state index in [2.05, 4.69) is 52.4 Å². The van der Waals surface area contributed by atoms with E-state index in [1.165, 1.54) is 15.6 Å². The predicted molar refractivity (Wildman–Crippen MR) is 114 cm³/mol. The standard InChI is InChI=1S/C23H25FN2OS/c1-2-25-14-19(17-4-3-16-7-12-28-22(16)13-17)18-5-6-21(23(24)20(18)15-25)26-8-10-27-11-9-26/h3-7,12-13,19H,2,8-11,14-15H2,1H3. The second-order valence-corrected chi connectivity index (χ2v) is 8.61. The van der Waals surface area contributed by atoms with Crippen LogP contribution in [0.3, 0.4) is 0 Å². The molecular weight excluding hydrogens is 371 g/mol. The number of halogens is 1. The molecule has 0 N–H and O–H groups in total. The summed E-state index contributed by atoms with van der Waals surface area (Å²) in [5, 5.41) is 3.42. The first-order chi connectivity index (χ1) is 13.7. The lowest BCUT2D eigenvalue weighted by atomic mass is 9.84. The van der Waals surface area contributed by atoms with Crippen LogP contribution in [0.4, 0.5) is 10.1 Å². The first-order valence-electron chi connectivity index (χ1n) is 10.1. The summed E-state index contributed by atoms with van der Waals surface area (Å²) < 4.78 is 22.4. The van der Waals surface area contributed by atoms with Crippen LogP contribution in [-0.4, -0.2) is 44.3 Å². The van der Waals surface area contributed by atoms with Crippen LogP contribution in [0.5, 0.6) is 0 Å². The Hall–Kier alpha value is -1.95. The summed E-state index contributed by atoms with van der Waals surface area (Å²) in [6, 6.07) is 13.0. The van der Waals surface area contributed by atoms with Gasteiger partial charge in [-0.15, -0.1) is 11.3 Å². The van der Waals surface area contributed by atoms with E-state index in [4.69, 9.17) is 4.74 Å². The Morgan fingerprint density at radius 3 is 2.82 bits per heavy atom. The Kier molecular flexibility index (Phi) is 4.83. The van der Waals surface area contributed by atoms with Crippen molar-refractivity contribution in [3.63, 3.8) is 0 Å². The SMILES string of the molecule is CCN1Cc2c(ccc(N3CCOCC3)c2F)C(c2ccc3ccsc3c2)C1. The second kappa shape index (κ2) is 7.47. The van der Waals surface area contributed by atoms with Crippen LogP contribution in [0, 0.1) is 5.82 Å². The number of morpholine rings is 1. The summed E-state index contributed by atoms with van der Waals surface area (Å²) in [7, 11) is 0. The molecule has 2 aromatic carbocycles. The van der Waals surface area contributed by atoms with E-state index in [1.807, 2.05) is 6.07 Å². The van der Waals surface area contributed by atoms with Gasteiger partial charge in [-0.25, -0.2) is 4.39 Å². The molecule has 146 valence electrons. The molecule has 28 heavy (non-hydrogen) atoms. The van der Waals surface area contributed by atoms with Crippen molar-refractivity contribution in [1.29, 1.82) is 0 Å². The highest BCUT2D eigenvalue weighted by Gasteiger charge is 2.30. The number of likely N-dealkylation sites (N-methyl/N-ethyl adjacent to an activating group) is 1. The number of benzene rings is 2. The van der Waals surface area contributed by atoms with Gasteiger partial charge in [0.25, 0.3) is 0 Å². The maximum Gasteiger partial charge on any atom is 0.151 e. The van der Waals surface area contributed by atoms with Gasteiger partial charge in [-0.05, 0) is 46.6 Å². The third-order valence-corrected chi connectivity index (χ3v) is 7.02. The highest BCUT2D eigenvalue weighted by atomic mass is 32.1. The largest absolute Gasteiger partial charge is 0.378 e. The summed E-state index contributed by atoms with van der Waals surface area (Å²) in [4.78, 5) is 4.48. The van der Waals surface area contributed by atoms with Crippen molar-refractivity contribution in [1.82, 2.24) is 4.90 Å². The van der Waals surface area contributed by atoms with Crippen molar-refractivity contribution >= 4 is 27.1 Å². The lowest BCUT2D eigenvalue weighted by Gasteiger charge is -2.36. The number of anilines is 1. The normalized spacial score (nSPS) is 20.5. The van der Waals surface area contributed by atoms with Gasteiger partial charge in [0.2, 0.25) is 0 Å². The zero-order chi connectivity index (χ0) is 19.1. The Balaban J connectivity index is 1.58. The van der Waals surface area contributed by atoms with E-state index in [0.29, 0.717) is 19.8 Å². The molecule has 1 unspecified atom stereocenters. The third kappa shape index (κ3) is 3.11. The van der Waals surface area contributed by atoms with Crippen LogP contribution in [0.1, 0.15) is 29.5 Å². The van der Waals surface area contributed by atoms with Crippen molar-refractivity contribution in [3.8, 4) is 0 Å². The van der Waals surface area contributed by atoms with Gasteiger partial charge in [0.15, 0.2) is 5.82 Å². The van der Waals surface area contributed by atoms with Crippen molar-refractivity contribution in [2.75, 3.05) is 44.3 Å². The quantitative estimate of drug-likeness (QED) is 0.630. The summed E-state index contributed by atoms with van der Waals surface area (Å²) in [5.41, 5.74) is 4.03. The Bertz CT molecular complexity index is 995. The number of fused-ring (bicyclic) bond motifs is 2. The van der Waals surface area contributed by atoms with Crippen molar-refractivity contribution in [3.05, 3.63) is 64.3 Å². The predicted octanol–water partition coefficient (Wildman–Crippen LogP) is 4.84. The molecule has 0 aliphatic carbocycles. The average Bonchev–Trinajstić information content (AvgIpc) is 3.22. The summed E-state index contributed by atoms with van der Waals surface area (Å²) in [6.45, 7) is 7.57. The van der Waals surface area contributed by atoms with Gasteiger partial charge in [0.05, 0.1) is 18.9 Å². The molecule has 1 atom stereocenters. The molecule has 2 aliphatic heterocycles. The monoisotopic (exact) mass is 396 g/mol. The maximum absolute atomic E-state index is 15.6. The molecule has 5 heteroatoms. The molecular formula is C23H25FN2OS. The van der Waals surface area contributed by atoms with Gasteiger partial charge in [0, 0.05) is 42.4 Å². The third-order valence-electron chi connectivity index (χ3n) is 6.14. The minimum atomic E-state index is -0.0419. The molecule has 3 heterocycles. The Morgan fingerprint density at radius 1 is 1.14 bits per heavy atom. The molecule has 0 saturated carbocycles. The highest BCUT2D eigenvalue weighted by Crippen LogP contribution is 2.39. The number of rotatable bonds is 3. The maximum atomic E-state index is 15.6. The summed E-state index contributed by atoms with van der Waals surface area (Å²) in [5.74, 6) is 0.170. The van der Waals surface area contributed by atoms with E-state index in [9.17, 15) is 0 Å². The van der Waals surface area contributed by atoms with Gasteiger partial charge < -0.3 is 9.64 Å². The van der Waals surface area contributed by atoms with Crippen LogP contribution in [0.25, 0.3) is 10.1 Å². The van der Waals surface area contributed by atoms with Crippen LogP contribution >= 0.6 is 11.3 Å². The van der Waals surface area contributed by atoms with Crippen molar-refractivity contribution in [2.45, 2.75) is 19.4 Å². The van der Waals surface area contributed by atoms with E-state index < -0.39 is 0 Å². The lowest BCUT2D eigenvalue weighted by molar-refractivity contribution is 0.122. The van der Waals surface area contributed by atoms with Gasteiger partial charge in [-0.2, -0.15) is 0 Å². The molecule has 1 aromatic heterocycles. The van der Waals surface area contributed by atoms with E-state index >= 15 is 4.39 Å². The van der Waals surface area contributed by atoms with E-state index in [-0.39, 0.29) is 11.7 Å². The topological polar surface area (TPSA) is 15.7 Å². The molecule has 1 fully saturated rings. The zero-order valence-electron chi connectivity index (χ0n) is 16.2. The van der Waals surface area contributed by atoms with Gasteiger partial charge in [-0.3, -0.25) is 4.90 Å². The fourth-order valence-corrected chi connectivity index (χ4v) is 5.36. The number of hydrogen-bond acceptors (Lipinski definition) is 4. The zero-order valence-corrected chi connectivity index (χ0v) is 17.0. The molecule has 0 spiro atoms. The average molecular weight is 397 g/mol. The van der Waals surface area contributed by atoms with Gasteiger partial charge in [-0.1, -0.05) is 25.1 Å². The number of nitrogens with zero attached hydrogens (tertiary/aromatic N) is 2. The number of hydrogen-bond donors (Lipinski definition) is 0. The highest BCUT2D eigenvalue weighted by molar-refractivity contribution is 7.17. The van der Waals surface area contributed by atoms with Gasteiger partial charge in [0.1, 0.15) is 0 Å². The minimum absolute atomic E-state index is 0.0419. The first kappa shape index (κ1) is 18.1. The summed E-state index contributed by atoms with van der Waals surface area (Å²) >= 11 is 1.77. The lowest BCUT2D eigenvalue weighted by Crippen LogP contribution is -2.38. The second-order valence-electron chi connectivity index (χ2n) is 7.66. The van der Waals surface area contributed by atoms with E-state index in [0.717, 1.165) is 43.0 Å².